The van der Waals surface area contributed by atoms with E-state index in [-0.39, 0.29) is 48.3 Å². The molecule has 3 aliphatic heterocycles. The van der Waals surface area contributed by atoms with E-state index in [0.717, 1.165) is 62.9 Å². The molecule has 10 nitrogen and oxygen atoms in total. The summed E-state index contributed by atoms with van der Waals surface area (Å²) in [5, 5.41) is 16.7. The van der Waals surface area contributed by atoms with Crippen molar-refractivity contribution in [2.45, 2.75) is 82.2 Å². The van der Waals surface area contributed by atoms with E-state index in [1.165, 1.54) is 22.5 Å². The maximum atomic E-state index is 13.8. The van der Waals surface area contributed by atoms with Crippen LogP contribution in [0.3, 0.4) is 0 Å². The van der Waals surface area contributed by atoms with Crippen molar-refractivity contribution >= 4 is 29.0 Å². The van der Waals surface area contributed by atoms with Crippen molar-refractivity contribution in [3.05, 3.63) is 69.5 Å². The molecule has 2 aromatic heterocycles. The Bertz CT molecular complexity index is 1490. The van der Waals surface area contributed by atoms with Crippen LogP contribution in [0, 0.1) is 0 Å². The molecule has 0 radical (unpaired) electrons. The number of rotatable bonds is 7. The van der Waals surface area contributed by atoms with Crippen LogP contribution < -0.4 is 10.1 Å². The summed E-state index contributed by atoms with van der Waals surface area (Å²) in [6, 6.07) is 14.4. The van der Waals surface area contributed by atoms with E-state index >= 15 is 0 Å². The minimum atomic E-state index is -0.635. The van der Waals surface area contributed by atoms with Crippen molar-refractivity contribution in [2.75, 3.05) is 38.0 Å². The predicted octanol–water partition coefficient (Wildman–Crippen LogP) is 4.21. The third-order valence-electron chi connectivity index (χ3n) is 9.83. The van der Waals surface area contributed by atoms with Gasteiger partial charge in [-0.25, -0.2) is 0 Å². The minimum absolute atomic E-state index is 0.0175. The summed E-state index contributed by atoms with van der Waals surface area (Å²) in [5.74, 6) is 0.433. The largest absolute Gasteiger partial charge is 0.460 e. The lowest BCUT2D eigenvalue weighted by molar-refractivity contribution is -0.0139. The summed E-state index contributed by atoms with van der Waals surface area (Å²) < 4.78 is 6.18. The van der Waals surface area contributed by atoms with E-state index in [4.69, 9.17) is 4.74 Å². The Morgan fingerprint density at radius 3 is 2.42 bits per heavy atom. The molecule has 3 fully saturated rings. The number of ether oxygens (including phenoxy) is 1. The van der Waals surface area contributed by atoms with Crippen LogP contribution in [0.1, 0.15) is 76.2 Å². The van der Waals surface area contributed by atoms with Crippen molar-refractivity contribution in [3.8, 4) is 6.01 Å². The zero-order valence-corrected chi connectivity index (χ0v) is 26.5. The first-order valence-electron chi connectivity index (χ1n) is 16.4. The maximum absolute atomic E-state index is 13.8. The number of likely N-dealkylation sites (tertiary alicyclic amines) is 2. The van der Waals surface area contributed by atoms with Crippen molar-refractivity contribution in [1.29, 1.82) is 0 Å². The lowest BCUT2D eigenvalue weighted by atomic mass is 9.94. The number of anilines is 1. The standard InChI is InChI=1S/C34H42N6O4S/c41-29-22-40(18-14-28(29)39-15-11-23-6-1-2-7-24(23)21-39)32(42)27-20-31(37-34(36-27)44-26-8-3-4-9-26)35-25-12-16-38(17-13-25)33(43)30-10-5-19-45-30/h1-2,5-7,10,19-20,25-26,28-29,41H,3-4,8-9,11-18,21-22H2,(H,35,36,37)/t28-,29-/m1/s1. The Labute approximate surface area is 268 Å². The van der Waals surface area contributed by atoms with Gasteiger partial charge in [0.25, 0.3) is 11.8 Å². The van der Waals surface area contributed by atoms with E-state index in [1.54, 1.807) is 11.0 Å². The number of benzene rings is 1. The number of thiophene rings is 1. The number of hydrogen-bond donors (Lipinski definition) is 2. The number of nitrogens with zero attached hydrogens (tertiary/aromatic N) is 5. The Balaban J connectivity index is 1.01. The Morgan fingerprint density at radius 1 is 0.889 bits per heavy atom. The van der Waals surface area contributed by atoms with Crippen molar-refractivity contribution in [2.24, 2.45) is 0 Å². The Kier molecular flexibility index (Phi) is 9.00. The molecule has 3 aromatic rings. The Hall–Kier alpha value is -3.54. The van der Waals surface area contributed by atoms with E-state index in [1.807, 2.05) is 22.4 Å². The van der Waals surface area contributed by atoms with Gasteiger partial charge in [-0.2, -0.15) is 9.97 Å². The first-order valence-corrected chi connectivity index (χ1v) is 17.3. The molecule has 0 spiro atoms. The normalized spacial score (nSPS) is 23.1. The predicted molar refractivity (Wildman–Crippen MR) is 173 cm³/mol. The summed E-state index contributed by atoms with van der Waals surface area (Å²) in [4.78, 5) is 42.7. The van der Waals surface area contributed by atoms with Crippen LogP contribution in [-0.4, -0.2) is 98.6 Å². The average molecular weight is 631 g/mol. The van der Waals surface area contributed by atoms with Crippen molar-refractivity contribution in [1.82, 2.24) is 24.7 Å². The van der Waals surface area contributed by atoms with Gasteiger partial charge in [0.05, 0.1) is 11.0 Å². The number of piperidine rings is 2. The number of carbonyl (C=O) groups is 2. The second-order valence-corrected chi connectivity index (χ2v) is 13.7. The molecule has 45 heavy (non-hydrogen) atoms. The summed E-state index contributed by atoms with van der Waals surface area (Å²) in [6.45, 7) is 3.88. The summed E-state index contributed by atoms with van der Waals surface area (Å²) in [6.07, 6.45) is 6.83. The third-order valence-corrected chi connectivity index (χ3v) is 10.7. The number of fused-ring (bicyclic) bond motifs is 1. The van der Waals surface area contributed by atoms with E-state index in [2.05, 4.69) is 44.5 Å². The molecule has 1 aliphatic carbocycles. The van der Waals surface area contributed by atoms with E-state index in [9.17, 15) is 14.7 Å². The van der Waals surface area contributed by atoms with Gasteiger partial charge in [-0.3, -0.25) is 14.5 Å². The number of aromatic nitrogens is 2. The summed E-state index contributed by atoms with van der Waals surface area (Å²) in [7, 11) is 0. The van der Waals surface area contributed by atoms with Crippen LogP contribution in [0.4, 0.5) is 5.82 Å². The SMILES string of the molecule is O=C(c1cc(NC2CCN(C(=O)c3cccs3)CC2)nc(OC2CCCC2)n1)N1CC[C@@H](N2CCc3ccccc3C2)[C@H](O)C1. The molecule has 1 aromatic carbocycles. The van der Waals surface area contributed by atoms with Gasteiger partial charge in [0.2, 0.25) is 0 Å². The van der Waals surface area contributed by atoms with Gasteiger partial charge < -0.3 is 25.0 Å². The molecular formula is C34H42N6O4S. The van der Waals surface area contributed by atoms with Crippen LogP contribution >= 0.6 is 11.3 Å². The molecule has 5 heterocycles. The summed E-state index contributed by atoms with van der Waals surface area (Å²) in [5.41, 5.74) is 2.99. The monoisotopic (exact) mass is 630 g/mol. The molecule has 11 heteroatoms. The fourth-order valence-corrected chi connectivity index (χ4v) is 7.99. The molecule has 238 valence electrons. The third kappa shape index (κ3) is 6.85. The first-order chi connectivity index (χ1) is 22.0. The quantitative estimate of drug-likeness (QED) is 0.400. The highest BCUT2D eigenvalue weighted by molar-refractivity contribution is 7.12. The number of carbonyl (C=O) groups excluding carboxylic acids is 2. The van der Waals surface area contributed by atoms with E-state index < -0.39 is 6.10 Å². The van der Waals surface area contributed by atoms with E-state index in [0.29, 0.717) is 31.9 Å². The molecule has 2 saturated heterocycles. The van der Waals surface area contributed by atoms with Gasteiger partial charge in [-0.15, -0.1) is 11.3 Å². The number of hydrogen-bond acceptors (Lipinski definition) is 9. The van der Waals surface area contributed by atoms with Crippen LogP contribution in [0.5, 0.6) is 6.01 Å². The number of aliphatic hydroxyl groups is 1. The summed E-state index contributed by atoms with van der Waals surface area (Å²) >= 11 is 1.47. The molecule has 2 atom stereocenters. The topological polar surface area (TPSA) is 111 Å². The zero-order valence-electron chi connectivity index (χ0n) is 25.6. The number of amides is 2. The lowest BCUT2D eigenvalue weighted by Gasteiger charge is -2.43. The van der Waals surface area contributed by atoms with Gasteiger partial charge in [0.1, 0.15) is 17.6 Å². The highest BCUT2D eigenvalue weighted by atomic mass is 32.1. The fraction of sp³-hybridized carbons (Fsp3) is 0.529. The maximum Gasteiger partial charge on any atom is 0.319 e. The molecule has 4 aliphatic rings. The zero-order chi connectivity index (χ0) is 30.8. The van der Waals surface area contributed by atoms with Crippen molar-refractivity contribution < 1.29 is 19.4 Å². The molecule has 1 saturated carbocycles. The molecule has 2 N–H and O–H groups in total. The number of nitrogens with one attached hydrogen (secondary N) is 1. The molecule has 0 bridgehead atoms. The van der Waals surface area contributed by atoms with Gasteiger partial charge >= 0.3 is 6.01 Å². The van der Waals surface area contributed by atoms with Crippen LogP contribution in [0.25, 0.3) is 0 Å². The molecule has 0 unspecified atom stereocenters. The van der Waals surface area contributed by atoms with Gasteiger partial charge in [0, 0.05) is 57.4 Å². The Morgan fingerprint density at radius 2 is 1.67 bits per heavy atom. The number of β-amino-alcohol motifs (C(OH)–C–C–N with tert-alkyl or cyclic N) is 1. The second-order valence-electron chi connectivity index (χ2n) is 12.8. The molecular weight excluding hydrogens is 588 g/mol. The molecule has 2 amide bonds. The van der Waals surface area contributed by atoms with Crippen LogP contribution in [0.2, 0.25) is 0 Å². The minimum Gasteiger partial charge on any atom is -0.460 e. The lowest BCUT2D eigenvalue weighted by Crippen LogP contribution is -2.56. The van der Waals surface area contributed by atoms with Crippen molar-refractivity contribution in [3.63, 3.8) is 0 Å². The van der Waals surface area contributed by atoms with Gasteiger partial charge in [0.15, 0.2) is 0 Å². The van der Waals surface area contributed by atoms with Gasteiger partial charge in [-0.1, -0.05) is 30.3 Å². The smallest absolute Gasteiger partial charge is 0.319 e. The highest BCUT2D eigenvalue weighted by Crippen LogP contribution is 2.28. The molecule has 7 rings (SSSR count). The number of aliphatic hydroxyl groups excluding tert-OH is 1. The second kappa shape index (κ2) is 13.4. The highest BCUT2D eigenvalue weighted by Gasteiger charge is 2.36. The first kappa shape index (κ1) is 30.1. The van der Waals surface area contributed by atoms with Gasteiger partial charge in [-0.05, 0) is 73.9 Å². The van der Waals surface area contributed by atoms with Crippen LogP contribution in [-0.2, 0) is 13.0 Å². The average Bonchev–Trinajstić information content (AvgIpc) is 3.79. The fourth-order valence-electron chi connectivity index (χ4n) is 7.30. The van der Waals surface area contributed by atoms with Crippen LogP contribution in [0.15, 0.2) is 47.8 Å².